The van der Waals surface area contributed by atoms with Gasteiger partial charge in [-0.25, -0.2) is 4.79 Å². The number of aliphatic hydroxyl groups excluding tert-OH is 1. The summed E-state index contributed by atoms with van der Waals surface area (Å²) >= 11 is 0. The van der Waals surface area contributed by atoms with Crippen LogP contribution < -0.4 is 12.4 Å². The van der Waals surface area contributed by atoms with Crippen molar-refractivity contribution in [3.8, 4) is 0 Å². The summed E-state index contributed by atoms with van der Waals surface area (Å²) in [5.41, 5.74) is 0.482. The first-order valence-corrected chi connectivity index (χ1v) is 9.03. The van der Waals surface area contributed by atoms with Crippen molar-refractivity contribution < 1.29 is 36.0 Å². The van der Waals surface area contributed by atoms with E-state index < -0.39 is 0 Å². The lowest BCUT2D eigenvalue weighted by molar-refractivity contribution is -0.973. The molecule has 158 valence electrons. The van der Waals surface area contributed by atoms with Crippen molar-refractivity contribution in [2.24, 2.45) is 0 Å². The number of aliphatic hydroxyl groups is 1. The van der Waals surface area contributed by atoms with Gasteiger partial charge in [-0.2, -0.15) is 0 Å². The van der Waals surface area contributed by atoms with Crippen LogP contribution in [0.4, 0.5) is 0 Å². The van der Waals surface area contributed by atoms with Crippen LogP contribution in [0.1, 0.15) is 20.8 Å². The van der Waals surface area contributed by atoms with Gasteiger partial charge in [-0.1, -0.05) is 19.7 Å². The predicted octanol–water partition coefficient (Wildman–Crippen LogP) is -0.682. The van der Waals surface area contributed by atoms with Gasteiger partial charge >= 0.3 is 5.97 Å². The summed E-state index contributed by atoms with van der Waals surface area (Å²) in [6, 6.07) is 0.592. The van der Waals surface area contributed by atoms with E-state index in [4.69, 9.17) is 9.84 Å². The molecule has 7 heteroatoms. The Morgan fingerprint density at radius 3 is 1.93 bits per heavy atom. The van der Waals surface area contributed by atoms with Crippen molar-refractivity contribution >= 4 is 18.4 Å². The van der Waals surface area contributed by atoms with E-state index in [-0.39, 0.29) is 43.0 Å². The molecule has 0 atom stereocenters. The van der Waals surface area contributed by atoms with Gasteiger partial charge in [0, 0.05) is 5.57 Å². The number of nitrogens with zero attached hydrogens (tertiary/aromatic N) is 2. The molecule has 0 spiro atoms. The van der Waals surface area contributed by atoms with E-state index in [1.165, 1.54) is 0 Å². The molecule has 2 aliphatic heterocycles. The second-order valence-electron chi connectivity index (χ2n) is 8.05. The normalized spacial score (nSPS) is 25.2. The van der Waals surface area contributed by atoms with Crippen molar-refractivity contribution in [3.05, 3.63) is 37.5 Å². The van der Waals surface area contributed by atoms with Crippen LogP contribution in [0.15, 0.2) is 37.5 Å². The third-order valence-electron chi connectivity index (χ3n) is 5.34. The molecule has 2 aliphatic rings. The number of carbonyl (C=O) groups is 1. The van der Waals surface area contributed by atoms with Gasteiger partial charge in [0.25, 0.3) is 0 Å². The smallest absolute Gasteiger partial charge is 0.333 e. The zero-order valence-electron chi connectivity index (χ0n) is 17.2. The maximum absolute atomic E-state index is 11.2. The Morgan fingerprint density at radius 2 is 1.63 bits per heavy atom. The van der Waals surface area contributed by atoms with E-state index in [0.29, 0.717) is 11.6 Å². The van der Waals surface area contributed by atoms with Gasteiger partial charge in [-0.05, 0) is 32.9 Å². The van der Waals surface area contributed by atoms with Crippen LogP contribution in [0.2, 0.25) is 0 Å². The predicted molar refractivity (Wildman–Crippen MR) is 109 cm³/mol. The lowest BCUT2D eigenvalue weighted by Gasteiger charge is -2.49. The van der Waals surface area contributed by atoms with Crippen molar-refractivity contribution in [2.75, 3.05) is 46.3 Å². The Labute approximate surface area is 177 Å². The van der Waals surface area contributed by atoms with Gasteiger partial charge in [-0.3, -0.25) is 0 Å². The molecule has 27 heavy (non-hydrogen) atoms. The minimum atomic E-state index is -0.259. The molecule has 0 bridgehead atoms. The van der Waals surface area contributed by atoms with Crippen molar-refractivity contribution in [3.63, 3.8) is 0 Å². The first kappa shape index (κ1) is 28.4. The Bertz CT molecular complexity index is 499. The number of halogens is 2. The fraction of sp³-hybridized carbons (Fsp3) is 0.650. The van der Waals surface area contributed by atoms with Gasteiger partial charge in [-0.15, -0.1) is 12.4 Å². The highest BCUT2D eigenvalue weighted by Gasteiger charge is 2.45. The van der Waals surface area contributed by atoms with Gasteiger partial charge in [0.05, 0.1) is 26.2 Å². The Kier molecular flexibility index (Phi) is 12.5. The summed E-state index contributed by atoms with van der Waals surface area (Å²) in [5, 5.41) is 9.15. The number of esters is 1. The summed E-state index contributed by atoms with van der Waals surface area (Å²) in [6.07, 6.45) is 3.81. The van der Waals surface area contributed by atoms with Crippen LogP contribution >= 0.6 is 12.4 Å². The quantitative estimate of drug-likeness (QED) is 0.255. The molecule has 0 aliphatic carbocycles. The van der Waals surface area contributed by atoms with E-state index in [1.54, 1.807) is 6.92 Å². The minimum Gasteiger partial charge on any atom is -1.00 e. The van der Waals surface area contributed by atoms with E-state index in [2.05, 4.69) is 40.6 Å². The molecule has 2 saturated heterocycles. The number of likely N-dealkylation sites (N-methyl/N-ethyl adjacent to an activating group) is 1. The highest BCUT2D eigenvalue weighted by molar-refractivity contribution is 5.87. The number of carbonyl (C=O) groups excluding carboxylic acids is 1. The number of quaternary nitrogens is 2. The highest BCUT2D eigenvalue weighted by atomic mass is 35.5. The van der Waals surface area contributed by atoms with Crippen molar-refractivity contribution in [1.82, 2.24) is 0 Å². The fourth-order valence-corrected chi connectivity index (χ4v) is 3.39. The van der Waals surface area contributed by atoms with Crippen LogP contribution in [0.3, 0.4) is 0 Å². The minimum absolute atomic E-state index is 0. The molecule has 0 aromatic heterocycles. The molecule has 0 radical (unpaired) electrons. The van der Waals surface area contributed by atoms with E-state index in [9.17, 15) is 4.79 Å². The van der Waals surface area contributed by atoms with Gasteiger partial charge < -0.3 is 31.2 Å². The lowest BCUT2D eigenvalue weighted by Crippen LogP contribution is -3.00. The standard InChI is InChI=1S/C11H20NO2.C9H16NO.2ClH/c1-8(2)11(13)14-10-6-12(5,7-10)9(3)4;1-3-5-10(6-4-2)7-9(11)8-10;;/h9-10H,1,6-7H2,2-5H3;3-4,9,11H,1-2,5-8H2;2*1H/q2*+1;;/p-1. The third-order valence-corrected chi connectivity index (χ3v) is 5.34. The molecule has 2 heterocycles. The first-order valence-electron chi connectivity index (χ1n) is 9.03. The van der Waals surface area contributed by atoms with Gasteiger partial charge in [0.2, 0.25) is 0 Å². The second-order valence-corrected chi connectivity index (χ2v) is 8.05. The number of ether oxygens (including phenoxy) is 1. The molecule has 2 fully saturated rings. The highest BCUT2D eigenvalue weighted by Crippen LogP contribution is 2.24. The number of rotatable bonds is 7. The fourth-order valence-electron chi connectivity index (χ4n) is 3.39. The lowest BCUT2D eigenvalue weighted by atomic mass is 10.0. The molecule has 5 nitrogen and oxygen atoms in total. The molecule has 1 N–H and O–H groups in total. The van der Waals surface area contributed by atoms with Crippen molar-refractivity contribution in [1.29, 1.82) is 0 Å². The summed E-state index contributed by atoms with van der Waals surface area (Å²) in [5.74, 6) is -0.259. The summed E-state index contributed by atoms with van der Waals surface area (Å²) in [4.78, 5) is 11.2. The number of likely N-dealkylation sites (tertiary alicyclic amines) is 2. The second kappa shape index (κ2) is 11.9. The Balaban J connectivity index is 0. The molecule has 0 amide bonds. The molecule has 0 unspecified atom stereocenters. The van der Waals surface area contributed by atoms with Crippen LogP contribution in [-0.4, -0.2) is 84.6 Å². The molecule has 0 saturated carbocycles. The molecule has 0 aromatic carbocycles. The molecular weight excluding hydrogens is 387 g/mol. The third kappa shape index (κ3) is 7.96. The monoisotopic (exact) mass is 423 g/mol. The molecule has 0 aromatic rings. The maximum Gasteiger partial charge on any atom is 0.333 e. The first-order chi connectivity index (χ1) is 11.6. The zero-order valence-corrected chi connectivity index (χ0v) is 18.8. The average molecular weight is 424 g/mol. The zero-order chi connectivity index (χ0) is 19.3. The van der Waals surface area contributed by atoms with Gasteiger partial charge in [0.15, 0.2) is 12.2 Å². The summed E-state index contributed by atoms with van der Waals surface area (Å²) in [6.45, 7) is 22.5. The van der Waals surface area contributed by atoms with E-state index in [0.717, 1.165) is 48.2 Å². The maximum atomic E-state index is 11.2. The van der Waals surface area contributed by atoms with E-state index in [1.807, 2.05) is 12.2 Å². The topological polar surface area (TPSA) is 46.5 Å². The Morgan fingerprint density at radius 1 is 1.19 bits per heavy atom. The van der Waals surface area contributed by atoms with Crippen LogP contribution in [0.25, 0.3) is 0 Å². The largest absolute Gasteiger partial charge is 1.00 e. The number of hydrogen-bond acceptors (Lipinski definition) is 3. The average Bonchev–Trinajstić information content (AvgIpc) is 2.44. The van der Waals surface area contributed by atoms with Gasteiger partial charge in [0.1, 0.15) is 26.2 Å². The van der Waals surface area contributed by atoms with Crippen LogP contribution in [0, 0.1) is 0 Å². The molecule has 2 rings (SSSR count). The summed E-state index contributed by atoms with van der Waals surface area (Å²) < 4.78 is 7.17. The van der Waals surface area contributed by atoms with E-state index >= 15 is 0 Å². The molecular formula is C20H37Cl2N2O3+. The SMILES string of the molecule is C=C(C)C(=O)OC1C[N+](C)(C(C)C)C1.C=CC[N+]1(CC=C)CC(O)C1.Cl.[Cl-]. The van der Waals surface area contributed by atoms with Crippen molar-refractivity contribution in [2.45, 2.75) is 39.0 Å². The van der Waals surface area contributed by atoms with Crippen LogP contribution in [-0.2, 0) is 9.53 Å². The Hall–Kier alpha value is -0.850. The number of hydrogen-bond donors (Lipinski definition) is 1. The van der Waals surface area contributed by atoms with Crippen LogP contribution in [0.5, 0.6) is 0 Å². The summed E-state index contributed by atoms with van der Waals surface area (Å²) in [7, 11) is 2.19.